The number of nitrogens with one attached hydrogen (secondary N) is 1. The van der Waals surface area contributed by atoms with Crippen molar-refractivity contribution < 1.29 is 17.9 Å². The van der Waals surface area contributed by atoms with Crippen LogP contribution in [0, 0.1) is 13.8 Å². The van der Waals surface area contributed by atoms with Gasteiger partial charge in [-0.15, -0.1) is 0 Å². The van der Waals surface area contributed by atoms with Gasteiger partial charge in [0.1, 0.15) is 11.5 Å². The van der Waals surface area contributed by atoms with Gasteiger partial charge in [0.15, 0.2) is 0 Å². The van der Waals surface area contributed by atoms with Crippen LogP contribution in [0.3, 0.4) is 0 Å². The van der Waals surface area contributed by atoms with Crippen molar-refractivity contribution >= 4 is 21.6 Å². The number of hydrogen-bond acceptors (Lipinski definition) is 4. The Bertz CT molecular complexity index is 881. The molecule has 136 valence electrons. The first-order valence-electron chi connectivity index (χ1n) is 7.70. The molecule has 0 saturated carbocycles. The number of sulfonamides is 1. The molecule has 0 saturated heterocycles. The van der Waals surface area contributed by atoms with Crippen molar-refractivity contribution in [3.8, 4) is 11.5 Å². The summed E-state index contributed by atoms with van der Waals surface area (Å²) < 4.78 is 38.9. The largest absolute Gasteiger partial charge is 0.497 e. The Morgan fingerprint density at radius 1 is 1.04 bits per heavy atom. The first kappa shape index (κ1) is 19.6. The lowest BCUT2D eigenvalue weighted by atomic mass is 10.1. The van der Waals surface area contributed by atoms with Crippen molar-refractivity contribution in [3.05, 3.63) is 52.0 Å². The molecular formula is C18H22ClNO4S. The lowest BCUT2D eigenvalue weighted by Crippen LogP contribution is -2.28. The van der Waals surface area contributed by atoms with Crippen molar-refractivity contribution in [3.63, 3.8) is 0 Å². The number of halogens is 1. The van der Waals surface area contributed by atoms with E-state index >= 15 is 0 Å². The monoisotopic (exact) mass is 383 g/mol. The van der Waals surface area contributed by atoms with Crippen LogP contribution in [0.15, 0.2) is 35.2 Å². The number of methoxy groups -OCH3 is 2. The van der Waals surface area contributed by atoms with E-state index in [1.165, 1.54) is 0 Å². The maximum Gasteiger partial charge on any atom is 0.241 e. The van der Waals surface area contributed by atoms with E-state index in [1.54, 1.807) is 65.3 Å². The van der Waals surface area contributed by atoms with E-state index < -0.39 is 16.1 Å². The van der Waals surface area contributed by atoms with Gasteiger partial charge in [-0.05, 0) is 62.2 Å². The van der Waals surface area contributed by atoms with Crippen molar-refractivity contribution in [2.75, 3.05) is 14.2 Å². The average molecular weight is 384 g/mol. The van der Waals surface area contributed by atoms with Crippen LogP contribution >= 0.6 is 11.6 Å². The Hall–Kier alpha value is -1.76. The van der Waals surface area contributed by atoms with Gasteiger partial charge < -0.3 is 9.47 Å². The second kappa shape index (κ2) is 7.64. The van der Waals surface area contributed by atoms with Gasteiger partial charge in [0.2, 0.25) is 10.0 Å². The molecule has 0 radical (unpaired) electrons. The molecule has 0 aromatic heterocycles. The van der Waals surface area contributed by atoms with E-state index in [9.17, 15) is 8.42 Å². The molecule has 25 heavy (non-hydrogen) atoms. The van der Waals surface area contributed by atoms with Gasteiger partial charge in [0, 0.05) is 16.6 Å². The van der Waals surface area contributed by atoms with E-state index in [-0.39, 0.29) is 4.90 Å². The highest BCUT2D eigenvalue weighted by Gasteiger charge is 2.23. The highest BCUT2D eigenvalue weighted by molar-refractivity contribution is 7.89. The molecule has 0 aliphatic rings. The summed E-state index contributed by atoms with van der Waals surface area (Å²) >= 11 is 6.06. The fourth-order valence-corrected chi connectivity index (χ4v) is 4.33. The molecule has 2 aromatic carbocycles. The molecule has 1 N–H and O–H groups in total. The van der Waals surface area contributed by atoms with Gasteiger partial charge in [-0.1, -0.05) is 11.6 Å². The molecule has 0 fully saturated rings. The van der Waals surface area contributed by atoms with Crippen molar-refractivity contribution in [1.82, 2.24) is 4.72 Å². The molecule has 1 atom stereocenters. The predicted molar refractivity (Wildman–Crippen MR) is 99.2 cm³/mol. The minimum atomic E-state index is -3.73. The Kier molecular flexibility index (Phi) is 5.98. The highest BCUT2D eigenvalue weighted by atomic mass is 35.5. The molecule has 5 nitrogen and oxygen atoms in total. The minimum Gasteiger partial charge on any atom is -0.497 e. The topological polar surface area (TPSA) is 64.6 Å². The zero-order chi connectivity index (χ0) is 18.8. The molecule has 2 aromatic rings. The van der Waals surface area contributed by atoms with Gasteiger partial charge in [-0.3, -0.25) is 0 Å². The number of benzene rings is 2. The summed E-state index contributed by atoms with van der Waals surface area (Å²) in [5, 5.41) is 0.541. The minimum absolute atomic E-state index is 0.211. The van der Waals surface area contributed by atoms with E-state index in [0.29, 0.717) is 33.2 Å². The third-order valence-electron chi connectivity index (χ3n) is 3.98. The number of rotatable bonds is 6. The van der Waals surface area contributed by atoms with Crippen LogP contribution in [0.4, 0.5) is 0 Å². The zero-order valence-electron chi connectivity index (χ0n) is 14.9. The van der Waals surface area contributed by atoms with Gasteiger partial charge in [-0.2, -0.15) is 0 Å². The van der Waals surface area contributed by atoms with Gasteiger partial charge >= 0.3 is 0 Å². The van der Waals surface area contributed by atoms with Crippen LogP contribution in [0.5, 0.6) is 11.5 Å². The first-order valence-corrected chi connectivity index (χ1v) is 9.56. The standard InChI is InChI=1S/C18H22ClNO4S/c1-11-9-18(12(2)8-16(11)19)25(21,22)20-13(3)15-10-14(23-4)6-7-17(15)24-5/h6-10,13,20H,1-5H3. The number of aryl methyl sites for hydroxylation is 2. The first-order chi connectivity index (χ1) is 11.7. The molecule has 0 aliphatic carbocycles. The molecule has 1 unspecified atom stereocenters. The highest BCUT2D eigenvalue weighted by Crippen LogP contribution is 2.31. The number of hydrogen-bond donors (Lipinski definition) is 1. The van der Waals surface area contributed by atoms with E-state index in [4.69, 9.17) is 21.1 Å². The Balaban J connectivity index is 2.40. The quantitative estimate of drug-likeness (QED) is 0.818. The van der Waals surface area contributed by atoms with Crippen LogP contribution in [0.1, 0.15) is 29.7 Å². The van der Waals surface area contributed by atoms with E-state index in [1.807, 2.05) is 0 Å². The van der Waals surface area contributed by atoms with Crippen LogP contribution < -0.4 is 14.2 Å². The maximum atomic E-state index is 12.8. The Labute approximate surface area is 154 Å². The van der Waals surface area contributed by atoms with E-state index in [2.05, 4.69) is 4.72 Å². The van der Waals surface area contributed by atoms with Crippen LogP contribution in [0.25, 0.3) is 0 Å². The van der Waals surface area contributed by atoms with E-state index in [0.717, 1.165) is 0 Å². The maximum absolute atomic E-state index is 12.8. The molecule has 0 amide bonds. The summed E-state index contributed by atoms with van der Waals surface area (Å²) in [7, 11) is -0.630. The molecule has 0 bridgehead atoms. The molecule has 7 heteroatoms. The molecule has 0 aliphatic heterocycles. The van der Waals surface area contributed by atoms with Crippen molar-refractivity contribution in [2.24, 2.45) is 0 Å². The van der Waals surface area contributed by atoms with Gasteiger partial charge in [0.05, 0.1) is 19.1 Å². The summed E-state index contributed by atoms with van der Waals surface area (Å²) in [4.78, 5) is 0.211. The zero-order valence-corrected chi connectivity index (χ0v) is 16.5. The molecule has 0 heterocycles. The lowest BCUT2D eigenvalue weighted by Gasteiger charge is -2.19. The van der Waals surface area contributed by atoms with Crippen LogP contribution in [0.2, 0.25) is 5.02 Å². The summed E-state index contributed by atoms with van der Waals surface area (Å²) in [6.45, 7) is 5.25. The summed E-state index contributed by atoms with van der Waals surface area (Å²) in [5.74, 6) is 1.21. The lowest BCUT2D eigenvalue weighted by molar-refractivity contribution is 0.395. The summed E-state index contributed by atoms with van der Waals surface area (Å²) in [5.41, 5.74) is 1.99. The van der Waals surface area contributed by atoms with Gasteiger partial charge in [0.25, 0.3) is 0 Å². The van der Waals surface area contributed by atoms with Crippen LogP contribution in [-0.4, -0.2) is 22.6 Å². The van der Waals surface area contributed by atoms with Crippen molar-refractivity contribution in [2.45, 2.75) is 31.7 Å². The third kappa shape index (κ3) is 4.26. The second-order valence-electron chi connectivity index (χ2n) is 5.82. The Morgan fingerprint density at radius 3 is 2.32 bits per heavy atom. The van der Waals surface area contributed by atoms with Crippen molar-refractivity contribution in [1.29, 1.82) is 0 Å². The molecule has 2 rings (SSSR count). The fourth-order valence-electron chi connectivity index (χ4n) is 2.58. The second-order valence-corrected chi connectivity index (χ2v) is 7.91. The normalized spacial score (nSPS) is 12.7. The number of ether oxygens (including phenoxy) is 2. The molecule has 0 spiro atoms. The molecular weight excluding hydrogens is 362 g/mol. The third-order valence-corrected chi connectivity index (χ3v) is 6.07. The fraction of sp³-hybridized carbons (Fsp3) is 0.333. The average Bonchev–Trinajstić information content (AvgIpc) is 2.56. The van der Waals surface area contributed by atoms with Gasteiger partial charge in [-0.25, -0.2) is 13.1 Å². The van der Waals surface area contributed by atoms with Crippen LogP contribution in [-0.2, 0) is 10.0 Å². The summed E-state index contributed by atoms with van der Waals surface area (Å²) in [6, 6.07) is 7.99. The smallest absolute Gasteiger partial charge is 0.241 e. The Morgan fingerprint density at radius 2 is 1.72 bits per heavy atom. The SMILES string of the molecule is COc1ccc(OC)c(C(C)NS(=O)(=O)c2cc(C)c(Cl)cc2C)c1. The predicted octanol–water partition coefficient (Wildman–Crippen LogP) is 4.01. The summed E-state index contributed by atoms with van der Waals surface area (Å²) in [6.07, 6.45) is 0.